The summed E-state index contributed by atoms with van der Waals surface area (Å²) in [6.45, 7) is 0. The molecule has 24 heavy (non-hydrogen) atoms. The van der Waals surface area contributed by atoms with Crippen LogP contribution in [0.15, 0.2) is 49.1 Å². The van der Waals surface area contributed by atoms with Crippen molar-refractivity contribution in [3.8, 4) is 11.1 Å². The number of aromatic amines is 1. The van der Waals surface area contributed by atoms with Gasteiger partial charge in [0.2, 0.25) is 0 Å². The Bertz CT molecular complexity index is 1030. The van der Waals surface area contributed by atoms with Crippen LogP contribution in [-0.2, 0) is 0 Å². The Morgan fingerprint density at radius 3 is 2.88 bits per heavy atom. The van der Waals surface area contributed by atoms with E-state index in [-0.39, 0.29) is 0 Å². The molecule has 5 rings (SSSR count). The first-order valence-corrected chi connectivity index (χ1v) is 8.57. The fraction of sp³-hybridized carbons (Fsp3) is 0.250. The molecule has 1 N–H and O–H groups in total. The van der Waals surface area contributed by atoms with Gasteiger partial charge >= 0.3 is 0 Å². The number of nitrogens with zero attached hydrogens (tertiary/aromatic N) is 3. The molecule has 3 aromatic heterocycles. The summed E-state index contributed by atoms with van der Waals surface area (Å²) in [5.41, 5.74) is 5.54. The Balaban J connectivity index is 1.60. The van der Waals surface area contributed by atoms with Crippen molar-refractivity contribution in [2.75, 3.05) is 0 Å². The second-order valence-electron chi connectivity index (χ2n) is 6.61. The zero-order chi connectivity index (χ0) is 15.9. The minimum Gasteiger partial charge on any atom is -0.346 e. The average molecular weight is 314 g/mol. The molecule has 4 heteroatoms. The molecule has 118 valence electrons. The van der Waals surface area contributed by atoms with Crippen LogP contribution in [0, 0.1) is 0 Å². The topological polar surface area (TPSA) is 54.5 Å². The number of aromatic nitrogens is 4. The van der Waals surface area contributed by atoms with Crippen molar-refractivity contribution >= 4 is 21.9 Å². The van der Waals surface area contributed by atoms with Gasteiger partial charge < -0.3 is 4.98 Å². The monoisotopic (exact) mass is 314 g/mol. The Kier molecular flexibility index (Phi) is 3.08. The van der Waals surface area contributed by atoms with Crippen LogP contribution in [0.2, 0.25) is 0 Å². The van der Waals surface area contributed by atoms with Gasteiger partial charge in [-0.15, -0.1) is 0 Å². The predicted octanol–water partition coefficient (Wildman–Crippen LogP) is 4.83. The van der Waals surface area contributed by atoms with Gasteiger partial charge in [-0.05, 0) is 42.7 Å². The Labute approximate surface area is 140 Å². The summed E-state index contributed by atoms with van der Waals surface area (Å²) >= 11 is 0. The van der Waals surface area contributed by atoms with E-state index in [0.717, 1.165) is 16.6 Å². The van der Waals surface area contributed by atoms with Gasteiger partial charge in [-0.2, -0.15) is 0 Å². The molecule has 1 saturated carbocycles. The highest BCUT2D eigenvalue weighted by atomic mass is 14.9. The molecule has 0 amide bonds. The lowest BCUT2D eigenvalue weighted by Crippen LogP contribution is -1.96. The second-order valence-corrected chi connectivity index (χ2v) is 6.61. The van der Waals surface area contributed by atoms with Gasteiger partial charge in [0.1, 0.15) is 12.0 Å². The molecule has 3 heterocycles. The molecule has 4 aromatic rings. The molecule has 0 bridgehead atoms. The summed E-state index contributed by atoms with van der Waals surface area (Å²) in [5, 5.41) is 2.23. The maximum atomic E-state index is 4.89. The van der Waals surface area contributed by atoms with Gasteiger partial charge in [-0.3, -0.25) is 0 Å². The molecular weight excluding hydrogens is 296 g/mol. The third-order valence-electron chi connectivity index (χ3n) is 5.15. The molecule has 1 aliphatic rings. The van der Waals surface area contributed by atoms with Crippen LogP contribution in [0.4, 0.5) is 0 Å². The van der Waals surface area contributed by atoms with E-state index in [2.05, 4.69) is 45.4 Å². The highest BCUT2D eigenvalue weighted by Crippen LogP contribution is 2.35. The molecule has 0 unspecified atom stereocenters. The Hall–Kier alpha value is -2.75. The molecule has 0 atom stereocenters. The zero-order valence-electron chi connectivity index (χ0n) is 13.4. The first kappa shape index (κ1) is 13.7. The van der Waals surface area contributed by atoms with Crippen molar-refractivity contribution < 1.29 is 0 Å². The minimum atomic E-state index is 0.638. The number of pyridine rings is 1. The zero-order valence-corrected chi connectivity index (χ0v) is 13.4. The lowest BCUT2D eigenvalue weighted by Gasteiger charge is -2.08. The van der Waals surface area contributed by atoms with Gasteiger partial charge in [-0.1, -0.05) is 18.9 Å². The predicted molar refractivity (Wildman–Crippen MR) is 95.8 cm³/mol. The molecule has 0 spiro atoms. The first-order chi connectivity index (χ1) is 11.9. The van der Waals surface area contributed by atoms with Crippen LogP contribution in [0.3, 0.4) is 0 Å². The van der Waals surface area contributed by atoms with Crippen LogP contribution in [0.1, 0.15) is 37.3 Å². The van der Waals surface area contributed by atoms with Crippen molar-refractivity contribution in [3.63, 3.8) is 0 Å². The van der Waals surface area contributed by atoms with Gasteiger partial charge in [-0.25, -0.2) is 15.0 Å². The normalized spacial score (nSPS) is 15.5. The van der Waals surface area contributed by atoms with E-state index in [1.54, 1.807) is 6.33 Å². The van der Waals surface area contributed by atoms with Crippen molar-refractivity contribution in [2.24, 2.45) is 0 Å². The standard InChI is InChI=1S/C20H18N4/c1-2-4-13(3-1)19-8-6-16-17(11-22-20(16)24-19)14-5-7-18-15(9-14)10-21-12-23-18/h5-13H,1-4H2,(H,22,24). The van der Waals surface area contributed by atoms with Crippen molar-refractivity contribution in [1.82, 2.24) is 19.9 Å². The fourth-order valence-electron chi connectivity index (χ4n) is 3.86. The van der Waals surface area contributed by atoms with Crippen LogP contribution in [-0.4, -0.2) is 19.9 Å². The fourth-order valence-corrected chi connectivity index (χ4v) is 3.86. The number of hydrogen-bond donors (Lipinski definition) is 1. The van der Waals surface area contributed by atoms with Crippen LogP contribution in [0.25, 0.3) is 33.1 Å². The molecular formula is C20H18N4. The summed E-state index contributed by atoms with van der Waals surface area (Å²) in [5.74, 6) is 0.638. The van der Waals surface area contributed by atoms with E-state index in [0.29, 0.717) is 5.92 Å². The van der Waals surface area contributed by atoms with Crippen molar-refractivity contribution in [3.05, 3.63) is 54.7 Å². The van der Waals surface area contributed by atoms with Gasteiger partial charge in [0, 0.05) is 40.3 Å². The van der Waals surface area contributed by atoms with Gasteiger partial charge in [0.15, 0.2) is 0 Å². The van der Waals surface area contributed by atoms with Crippen LogP contribution < -0.4 is 0 Å². The maximum absolute atomic E-state index is 4.89. The number of rotatable bonds is 2. The largest absolute Gasteiger partial charge is 0.346 e. The molecule has 4 nitrogen and oxygen atoms in total. The molecule has 0 radical (unpaired) electrons. The summed E-state index contributed by atoms with van der Waals surface area (Å²) in [7, 11) is 0. The van der Waals surface area contributed by atoms with Gasteiger partial charge in [0.25, 0.3) is 0 Å². The highest BCUT2D eigenvalue weighted by Gasteiger charge is 2.19. The summed E-state index contributed by atoms with van der Waals surface area (Å²) < 4.78 is 0. The average Bonchev–Trinajstić information content (AvgIpc) is 3.30. The summed E-state index contributed by atoms with van der Waals surface area (Å²) in [6.07, 6.45) is 10.7. The number of hydrogen-bond acceptors (Lipinski definition) is 3. The molecule has 1 fully saturated rings. The first-order valence-electron chi connectivity index (χ1n) is 8.57. The van der Waals surface area contributed by atoms with Crippen molar-refractivity contribution in [1.29, 1.82) is 0 Å². The molecule has 0 aliphatic heterocycles. The molecule has 1 aromatic carbocycles. The number of fused-ring (bicyclic) bond motifs is 2. The van der Waals surface area contributed by atoms with E-state index in [9.17, 15) is 0 Å². The third kappa shape index (κ3) is 2.18. The second kappa shape index (κ2) is 5.41. The maximum Gasteiger partial charge on any atom is 0.138 e. The molecule has 0 saturated heterocycles. The van der Waals surface area contributed by atoms with E-state index < -0.39 is 0 Å². The van der Waals surface area contributed by atoms with E-state index in [1.807, 2.05) is 12.3 Å². The summed E-state index contributed by atoms with van der Waals surface area (Å²) in [4.78, 5) is 16.7. The number of nitrogens with one attached hydrogen (secondary N) is 1. The lowest BCUT2D eigenvalue weighted by molar-refractivity contribution is 0.700. The van der Waals surface area contributed by atoms with Gasteiger partial charge in [0.05, 0.1) is 5.52 Å². The Morgan fingerprint density at radius 1 is 1.04 bits per heavy atom. The smallest absolute Gasteiger partial charge is 0.138 e. The lowest BCUT2D eigenvalue weighted by atomic mass is 10.0. The van der Waals surface area contributed by atoms with E-state index in [1.165, 1.54) is 47.9 Å². The Morgan fingerprint density at radius 2 is 1.96 bits per heavy atom. The molecule has 1 aliphatic carbocycles. The summed E-state index contributed by atoms with van der Waals surface area (Å²) in [6, 6.07) is 10.7. The number of benzene rings is 1. The SMILES string of the molecule is c1ncc2cc(-c3c[nH]c4nc(C5CCCC5)ccc34)ccc2n1. The highest BCUT2D eigenvalue weighted by molar-refractivity contribution is 5.96. The number of H-pyrrole nitrogens is 1. The van der Waals surface area contributed by atoms with Crippen LogP contribution in [0.5, 0.6) is 0 Å². The quantitative estimate of drug-likeness (QED) is 0.576. The minimum absolute atomic E-state index is 0.638. The third-order valence-corrected chi connectivity index (χ3v) is 5.15. The van der Waals surface area contributed by atoms with Crippen molar-refractivity contribution in [2.45, 2.75) is 31.6 Å². The van der Waals surface area contributed by atoms with E-state index in [4.69, 9.17) is 4.98 Å². The van der Waals surface area contributed by atoms with Crippen LogP contribution >= 0.6 is 0 Å². The van der Waals surface area contributed by atoms with E-state index >= 15 is 0 Å².